The SMILES string of the molecule is CN1C(=O)CC/N=C(/c2ccccc2)c2cc(Cl)ccc21. The van der Waals surface area contributed by atoms with Crippen molar-refractivity contribution in [3.63, 3.8) is 0 Å². The molecule has 2 aromatic rings. The van der Waals surface area contributed by atoms with E-state index in [9.17, 15) is 4.79 Å². The first kappa shape index (κ1) is 13.8. The molecule has 3 nitrogen and oxygen atoms in total. The summed E-state index contributed by atoms with van der Waals surface area (Å²) in [7, 11) is 1.79. The molecular weight excluding hydrogens is 284 g/mol. The number of amides is 1. The predicted octanol–water partition coefficient (Wildman–Crippen LogP) is 3.54. The van der Waals surface area contributed by atoms with Crippen LogP contribution in [0.4, 0.5) is 5.69 Å². The molecule has 0 aliphatic carbocycles. The van der Waals surface area contributed by atoms with Crippen molar-refractivity contribution in [3.05, 3.63) is 64.7 Å². The fourth-order valence-corrected chi connectivity index (χ4v) is 2.66. The molecule has 0 unspecified atom stereocenters. The van der Waals surface area contributed by atoms with Gasteiger partial charge in [-0.3, -0.25) is 9.79 Å². The number of carbonyl (C=O) groups is 1. The third-order valence-electron chi connectivity index (χ3n) is 3.59. The van der Waals surface area contributed by atoms with Crippen LogP contribution in [0.1, 0.15) is 17.5 Å². The Morgan fingerprint density at radius 2 is 1.90 bits per heavy atom. The Bertz CT molecular complexity index is 710. The van der Waals surface area contributed by atoms with Crippen LogP contribution in [-0.2, 0) is 4.79 Å². The fourth-order valence-electron chi connectivity index (χ4n) is 2.48. The van der Waals surface area contributed by atoms with Gasteiger partial charge in [-0.15, -0.1) is 0 Å². The number of hydrogen-bond acceptors (Lipinski definition) is 2. The van der Waals surface area contributed by atoms with Gasteiger partial charge in [-0.05, 0) is 18.2 Å². The summed E-state index contributed by atoms with van der Waals surface area (Å²) in [6, 6.07) is 15.5. The van der Waals surface area contributed by atoms with E-state index >= 15 is 0 Å². The molecule has 1 amide bonds. The number of hydrogen-bond donors (Lipinski definition) is 0. The zero-order chi connectivity index (χ0) is 14.8. The third-order valence-corrected chi connectivity index (χ3v) is 3.83. The molecule has 0 radical (unpaired) electrons. The highest BCUT2D eigenvalue weighted by atomic mass is 35.5. The van der Waals surface area contributed by atoms with E-state index < -0.39 is 0 Å². The number of benzene rings is 2. The van der Waals surface area contributed by atoms with Gasteiger partial charge in [0.05, 0.1) is 11.4 Å². The van der Waals surface area contributed by atoms with Gasteiger partial charge in [0.1, 0.15) is 0 Å². The number of carbonyl (C=O) groups excluding carboxylic acids is 1. The highest BCUT2D eigenvalue weighted by molar-refractivity contribution is 6.31. The summed E-state index contributed by atoms with van der Waals surface area (Å²) in [6.45, 7) is 0.485. The lowest BCUT2D eigenvalue weighted by Crippen LogP contribution is -2.30. The molecule has 3 rings (SSSR count). The average Bonchev–Trinajstić information content (AvgIpc) is 2.50. The first-order valence-electron chi connectivity index (χ1n) is 6.83. The van der Waals surface area contributed by atoms with Crippen LogP contribution in [-0.4, -0.2) is 25.2 Å². The molecule has 0 atom stereocenters. The molecule has 0 N–H and O–H groups in total. The van der Waals surface area contributed by atoms with Gasteiger partial charge in [-0.2, -0.15) is 0 Å². The number of aliphatic imine (C=N–C) groups is 1. The molecule has 4 heteroatoms. The summed E-state index contributed by atoms with van der Waals surface area (Å²) in [5.74, 6) is 0.0643. The van der Waals surface area contributed by atoms with Crippen LogP contribution in [0.2, 0.25) is 5.02 Å². The number of halogens is 1. The van der Waals surface area contributed by atoms with Crippen LogP contribution in [0.15, 0.2) is 53.5 Å². The van der Waals surface area contributed by atoms with Crippen molar-refractivity contribution in [1.82, 2.24) is 0 Å². The molecule has 106 valence electrons. The Balaban J connectivity index is 2.21. The zero-order valence-electron chi connectivity index (χ0n) is 11.7. The average molecular weight is 299 g/mol. The number of fused-ring (bicyclic) bond motifs is 1. The summed E-state index contributed by atoms with van der Waals surface area (Å²) < 4.78 is 0. The molecule has 21 heavy (non-hydrogen) atoms. The summed E-state index contributed by atoms with van der Waals surface area (Å²) >= 11 is 6.15. The monoisotopic (exact) mass is 298 g/mol. The van der Waals surface area contributed by atoms with Crippen LogP contribution in [0, 0.1) is 0 Å². The predicted molar refractivity (Wildman–Crippen MR) is 86.4 cm³/mol. The topological polar surface area (TPSA) is 32.7 Å². The van der Waals surface area contributed by atoms with Gasteiger partial charge >= 0.3 is 0 Å². The van der Waals surface area contributed by atoms with Gasteiger partial charge in [-0.1, -0.05) is 41.9 Å². The van der Waals surface area contributed by atoms with E-state index in [-0.39, 0.29) is 5.91 Å². The van der Waals surface area contributed by atoms with Crippen LogP contribution >= 0.6 is 11.6 Å². The smallest absolute Gasteiger partial charge is 0.228 e. The van der Waals surface area contributed by atoms with Crippen molar-refractivity contribution in [1.29, 1.82) is 0 Å². The van der Waals surface area contributed by atoms with Crippen LogP contribution in [0.25, 0.3) is 0 Å². The second kappa shape index (κ2) is 5.70. The van der Waals surface area contributed by atoms with Crippen molar-refractivity contribution in [2.45, 2.75) is 6.42 Å². The van der Waals surface area contributed by atoms with Crippen LogP contribution in [0.3, 0.4) is 0 Å². The first-order valence-corrected chi connectivity index (χ1v) is 7.21. The molecule has 0 aromatic heterocycles. The Labute approximate surface area is 128 Å². The summed E-state index contributed by atoms with van der Waals surface area (Å²) in [4.78, 5) is 18.4. The highest BCUT2D eigenvalue weighted by Gasteiger charge is 2.21. The van der Waals surface area contributed by atoms with E-state index in [1.807, 2.05) is 42.5 Å². The van der Waals surface area contributed by atoms with E-state index in [1.165, 1.54) is 0 Å². The summed E-state index contributed by atoms with van der Waals surface area (Å²) in [5.41, 5.74) is 3.65. The largest absolute Gasteiger partial charge is 0.315 e. The highest BCUT2D eigenvalue weighted by Crippen LogP contribution is 2.28. The maximum absolute atomic E-state index is 12.1. The van der Waals surface area contributed by atoms with Crippen LogP contribution < -0.4 is 4.90 Å². The second-order valence-electron chi connectivity index (χ2n) is 4.96. The summed E-state index contributed by atoms with van der Waals surface area (Å²) in [6.07, 6.45) is 0.412. The number of nitrogens with zero attached hydrogens (tertiary/aromatic N) is 2. The lowest BCUT2D eigenvalue weighted by Gasteiger charge is -2.24. The van der Waals surface area contributed by atoms with Gasteiger partial charge in [-0.25, -0.2) is 0 Å². The van der Waals surface area contributed by atoms with Crippen LogP contribution in [0.5, 0.6) is 0 Å². The lowest BCUT2D eigenvalue weighted by molar-refractivity contribution is -0.118. The second-order valence-corrected chi connectivity index (χ2v) is 5.40. The van der Waals surface area contributed by atoms with Gasteiger partial charge < -0.3 is 4.90 Å². The quantitative estimate of drug-likeness (QED) is 0.792. The van der Waals surface area contributed by atoms with Gasteiger partial charge in [0, 0.05) is 36.2 Å². The molecule has 0 saturated heterocycles. The standard InChI is InChI=1S/C17H15ClN2O/c1-20-15-8-7-13(18)11-14(15)17(19-10-9-16(20)21)12-5-3-2-4-6-12/h2-8,11H,9-10H2,1H3/b19-17-. The molecule has 2 aromatic carbocycles. The van der Waals surface area contributed by atoms with E-state index in [0.29, 0.717) is 18.0 Å². The molecule has 0 bridgehead atoms. The van der Waals surface area contributed by atoms with Crippen molar-refractivity contribution in [2.24, 2.45) is 4.99 Å². The molecule has 0 saturated carbocycles. The maximum atomic E-state index is 12.1. The Hall–Kier alpha value is -2.13. The third kappa shape index (κ3) is 2.69. The van der Waals surface area contributed by atoms with E-state index in [0.717, 1.165) is 22.5 Å². The molecule has 1 aliphatic heterocycles. The molecule has 1 aliphatic rings. The Morgan fingerprint density at radius 1 is 1.14 bits per heavy atom. The van der Waals surface area contributed by atoms with Gasteiger partial charge in [0.15, 0.2) is 0 Å². The minimum atomic E-state index is 0.0643. The Kier molecular flexibility index (Phi) is 3.76. The van der Waals surface area contributed by atoms with E-state index in [2.05, 4.69) is 4.99 Å². The zero-order valence-corrected chi connectivity index (χ0v) is 12.5. The Morgan fingerprint density at radius 3 is 2.67 bits per heavy atom. The van der Waals surface area contributed by atoms with E-state index in [4.69, 9.17) is 11.6 Å². The van der Waals surface area contributed by atoms with Gasteiger partial charge in [0.2, 0.25) is 5.91 Å². The fraction of sp³-hybridized carbons (Fsp3) is 0.176. The molecular formula is C17H15ClN2O. The van der Waals surface area contributed by atoms with Crippen molar-refractivity contribution >= 4 is 28.9 Å². The maximum Gasteiger partial charge on any atom is 0.228 e. The summed E-state index contributed by atoms with van der Waals surface area (Å²) in [5, 5.41) is 0.638. The number of anilines is 1. The van der Waals surface area contributed by atoms with Crippen molar-refractivity contribution < 1.29 is 4.79 Å². The number of rotatable bonds is 1. The van der Waals surface area contributed by atoms with Gasteiger partial charge in [0.25, 0.3) is 0 Å². The molecule has 1 heterocycles. The normalized spacial score (nSPS) is 17.5. The van der Waals surface area contributed by atoms with E-state index in [1.54, 1.807) is 18.0 Å². The first-order chi connectivity index (χ1) is 10.2. The van der Waals surface area contributed by atoms with Crippen molar-refractivity contribution in [3.8, 4) is 0 Å². The molecule has 0 fully saturated rings. The van der Waals surface area contributed by atoms with Crippen molar-refractivity contribution in [2.75, 3.05) is 18.5 Å². The lowest BCUT2D eigenvalue weighted by atomic mass is 9.99. The molecule has 0 spiro atoms. The minimum Gasteiger partial charge on any atom is -0.315 e. The minimum absolute atomic E-state index is 0.0643.